The van der Waals surface area contributed by atoms with Gasteiger partial charge in [0.15, 0.2) is 5.16 Å². The molecule has 5 nitrogen and oxygen atoms in total. The number of hydrogen-bond acceptors (Lipinski definition) is 6. The summed E-state index contributed by atoms with van der Waals surface area (Å²) in [4.78, 5) is 31.8. The van der Waals surface area contributed by atoms with Crippen LogP contribution in [0.25, 0.3) is 10.2 Å². The van der Waals surface area contributed by atoms with Gasteiger partial charge in [-0.2, -0.15) is 0 Å². The van der Waals surface area contributed by atoms with Crippen molar-refractivity contribution in [2.24, 2.45) is 5.92 Å². The molecule has 0 amide bonds. The first-order valence-corrected chi connectivity index (χ1v) is 10.3. The molecule has 0 N–H and O–H groups in total. The molecule has 0 aromatic carbocycles. The van der Waals surface area contributed by atoms with Gasteiger partial charge in [0.25, 0.3) is 5.56 Å². The highest BCUT2D eigenvalue weighted by molar-refractivity contribution is 8.00. The fourth-order valence-electron chi connectivity index (χ4n) is 3.50. The minimum atomic E-state index is -0.282. The lowest BCUT2D eigenvalue weighted by Gasteiger charge is -2.17. The van der Waals surface area contributed by atoms with Crippen molar-refractivity contribution in [3.8, 4) is 0 Å². The Morgan fingerprint density at radius 2 is 2.28 bits per heavy atom. The van der Waals surface area contributed by atoms with Crippen molar-refractivity contribution < 1.29 is 9.53 Å². The Morgan fingerprint density at radius 1 is 1.44 bits per heavy atom. The summed E-state index contributed by atoms with van der Waals surface area (Å²) < 4.78 is 6.69. The van der Waals surface area contributed by atoms with Crippen LogP contribution in [0.1, 0.15) is 30.2 Å². The van der Waals surface area contributed by atoms with Crippen LogP contribution in [0.4, 0.5) is 0 Å². The van der Waals surface area contributed by atoms with E-state index in [9.17, 15) is 9.59 Å². The summed E-state index contributed by atoms with van der Waals surface area (Å²) in [5, 5.41) is 1.08. The number of aromatic nitrogens is 2. The molecule has 0 unspecified atom stereocenters. The number of cyclic esters (lactones) is 1. The van der Waals surface area contributed by atoms with Gasteiger partial charge in [-0.05, 0) is 30.7 Å². The summed E-state index contributed by atoms with van der Waals surface area (Å²) in [7, 11) is 0. The molecule has 4 rings (SSSR count). The largest absolute Gasteiger partial charge is 0.465 e. The minimum Gasteiger partial charge on any atom is -0.465 e. The molecule has 0 saturated carbocycles. The first-order valence-electron chi connectivity index (χ1n) is 8.57. The Hall–Kier alpha value is -1.60. The third-order valence-electron chi connectivity index (χ3n) is 4.83. The van der Waals surface area contributed by atoms with Crippen molar-refractivity contribution in [2.45, 2.75) is 49.6 Å². The van der Waals surface area contributed by atoms with E-state index in [1.165, 1.54) is 22.2 Å². The number of allylic oxidation sites excluding steroid dienone is 1. The predicted octanol–water partition coefficient (Wildman–Crippen LogP) is 3.18. The van der Waals surface area contributed by atoms with Crippen LogP contribution >= 0.6 is 23.1 Å². The van der Waals surface area contributed by atoms with Crippen LogP contribution in [0.3, 0.4) is 0 Å². The first-order chi connectivity index (χ1) is 12.1. The van der Waals surface area contributed by atoms with Gasteiger partial charge in [-0.25, -0.2) is 4.98 Å². The lowest BCUT2D eigenvalue weighted by atomic mass is 9.89. The number of nitrogens with zero attached hydrogens (tertiary/aromatic N) is 2. The zero-order valence-electron chi connectivity index (χ0n) is 14.1. The molecular formula is C18H20N2O3S2. The van der Waals surface area contributed by atoms with Crippen molar-refractivity contribution in [3.05, 3.63) is 33.4 Å². The van der Waals surface area contributed by atoms with Gasteiger partial charge in [0.1, 0.15) is 10.1 Å². The van der Waals surface area contributed by atoms with Crippen LogP contribution < -0.4 is 5.56 Å². The molecule has 2 aliphatic rings. The molecule has 1 fully saturated rings. The molecule has 2 aromatic heterocycles. The fourth-order valence-corrected chi connectivity index (χ4v) is 5.99. The number of fused-ring (bicyclic) bond motifs is 3. The summed E-state index contributed by atoms with van der Waals surface area (Å²) in [5.74, 6) is 0.432. The van der Waals surface area contributed by atoms with E-state index in [1.54, 1.807) is 22.0 Å². The van der Waals surface area contributed by atoms with E-state index in [2.05, 4.69) is 13.5 Å². The highest BCUT2D eigenvalue weighted by Gasteiger charge is 2.30. The number of aryl methyl sites for hydroxylation is 1. The predicted molar refractivity (Wildman–Crippen MR) is 100 cm³/mol. The zero-order chi connectivity index (χ0) is 17.6. The SMILES string of the molecule is C=CCn1c(S[C@@H]2CCOC2=O)nc2sc3c(c2c1=O)CC[C@H](C)C3. The van der Waals surface area contributed by atoms with E-state index in [-0.39, 0.29) is 16.8 Å². The van der Waals surface area contributed by atoms with Crippen LogP contribution in [0, 0.1) is 5.92 Å². The highest BCUT2D eigenvalue weighted by Crippen LogP contribution is 2.37. The number of thiophene rings is 1. The van der Waals surface area contributed by atoms with E-state index < -0.39 is 0 Å². The van der Waals surface area contributed by atoms with E-state index in [1.807, 2.05) is 0 Å². The second-order valence-electron chi connectivity index (χ2n) is 6.69. The van der Waals surface area contributed by atoms with Gasteiger partial charge < -0.3 is 4.74 Å². The van der Waals surface area contributed by atoms with Gasteiger partial charge in [-0.3, -0.25) is 14.2 Å². The van der Waals surface area contributed by atoms with Crippen molar-refractivity contribution in [2.75, 3.05) is 6.61 Å². The maximum atomic E-state index is 13.2. The van der Waals surface area contributed by atoms with Crippen LogP contribution in [0.5, 0.6) is 0 Å². The average Bonchev–Trinajstić information content (AvgIpc) is 3.14. The molecule has 2 atom stereocenters. The van der Waals surface area contributed by atoms with Gasteiger partial charge in [0.2, 0.25) is 0 Å². The Bertz CT molecular complexity index is 915. The topological polar surface area (TPSA) is 61.2 Å². The summed E-state index contributed by atoms with van der Waals surface area (Å²) >= 11 is 2.98. The van der Waals surface area contributed by atoms with Gasteiger partial charge >= 0.3 is 5.97 Å². The Morgan fingerprint density at radius 3 is 3.00 bits per heavy atom. The number of carbonyl (C=O) groups is 1. The Kier molecular flexibility index (Phi) is 4.45. The lowest BCUT2D eigenvalue weighted by Crippen LogP contribution is -2.24. The molecule has 3 heterocycles. The molecule has 0 spiro atoms. The molecule has 1 aliphatic carbocycles. The molecule has 0 radical (unpaired) electrons. The number of esters is 1. The van der Waals surface area contributed by atoms with Gasteiger partial charge in [-0.15, -0.1) is 17.9 Å². The standard InChI is InChI=1S/C18H20N2O3S2/c1-3-7-20-16(21)14-11-5-4-10(2)9-13(11)24-15(14)19-18(20)25-12-6-8-23-17(12)22/h3,10,12H,1,4-9H2,2H3/t10-,12+/m0/s1. The highest BCUT2D eigenvalue weighted by atomic mass is 32.2. The third kappa shape index (κ3) is 2.93. The normalized spacial score (nSPS) is 22.8. The van der Waals surface area contributed by atoms with Crippen LogP contribution in [-0.2, 0) is 28.9 Å². The summed E-state index contributed by atoms with van der Waals surface area (Å²) in [5.41, 5.74) is 1.18. The number of thioether (sulfide) groups is 1. The van der Waals surface area contributed by atoms with Gasteiger partial charge in [0.05, 0.1) is 12.0 Å². The first kappa shape index (κ1) is 16.8. The molecule has 7 heteroatoms. The van der Waals surface area contributed by atoms with E-state index in [0.717, 1.165) is 29.5 Å². The Labute approximate surface area is 154 Å². The van der Waals surface area contributed by atoms with Gasteiger partial charge in [0, 0.05) is 17.8 Å². The van der Waals surface area contributed by atoms with E-state index >= 15 is 0 Å². The number of rotatable bonds is 4. The number of ether oxygens (including phenoxy) is 1. The van der Waals surface area contributed by atoms with Crippen LogP contribution in [0.15, 0.2) is 22.6 Å². The molecule has 2 aromatic rings. The summed E-state index contributed by atoms with van der Waals surface area (Å²) in [6.07, 6.45) is 5.44. The maximum absolute atomic E-state index is 13.2. The van der Waals surface area contributed by atoms with E-state index in [4.69, 9.17) is 9.72 Å². The molecule has 1 saturated heterocycles. The summed E-state index contributed by atoms with van der Waals surface area (Å²) in [6, 6.07) is 0. The van der Waals surface area contributed by atoms with Crippen molar-refractivity contribution >= 4 is 39.3 Å². The quantitative estimate of drug-likeness (QED) is 0.466. The second kappa shape index (κ2) is 6.61. The van der Waals surface area contributed by atoms with Crippen molar-refractivity contribution in [1.82, 2.24) is 9.55 Å². The zero-order valence-corrected chi connectivity index (χ0v) is 15.8. The van der Waals surface area contributed by atoms with Crippen LogP contribution in [0.2, 0.25) is 0 Å². The third-order valence-corrected chi connectivity index (χ3v) is 7.21. The number of hydrogen-bond donors (Lipinski definition) is 0. The maximum Gasteiger partial charge on any atom is 0.319 e. The van der Waals surface area contributed by atoms with E-state index in [0.29, 0.717) is 30.6 Å². The minimum absolute atomic E-state index is 0.00850. The fraction of sp³-hybridized carbons (Fsp3) is 0.500. The lowest BCUT2D eigenvalue weighted by molar-refractivity contribution is -0.137. The number of carbonyl (C=O) groups excluding carboxylic acids is 1. The smallest absolute Gasteiger partial charge is 0.319 e. The average molecular weight is 377 g/mol. The molecule has 0 bridgehead atoms. The molecule has 25 heavy (non-hydrogen) atoms. The molecular weight excluding hydrogens is 356 g/mol. The molecule has 132 valence electrons. The van der Waals surface area contributed by atoms with Crippen LogP contribution in [-0.4, -0.2) is 27.4 Å². The van der Waals surface area contributed by atoms with Gasteiger partial charge in [-0.1, -0.05) is 24.8 Å². The summed E-state index contributed by atoms with van der Waals surface area (Å²) in [6.45, 7) is 6.85. The van der Waals surface area contributed by atoms with Crippen molar-refractivity contribution in [1.29, 1.82) is 0 Å². The second-order valence-corrected chi connectivity index (χ2v) is 8.95. The Balaban J connectivity index is 1.85. The molecule has 1 aliphatic heterocycles. The monoisotopic (exact) mass is 376 g/mol. The van der Waals surface area contributed by atoms with Crippen molar-refractivity contribution in [3.63, 3.8) is 0 Å².